The Morgan fingerprint density at radius 2 is 2.09 bits per heavy atom. The number of benzene rings is 1. The molecule has 8 atom stereocenters. The first-order valence-corrected chi connectivity index (χ1v) is 12.1. The summed E-state index contributed by atoms with van der Waals surface area (Å²) in [5.74, 6) is 1.26. The summed E-state index contributed by atoms with van der Waals surface area (Å²) in [6, 6.07) is 11.0. The van der Waals surface area contributed by atoms with Crippen LogP contribution in [0.4, 0.5) is 0 Å². The Balaban J connectivity index is 1.23. The summed E-state index contributed by atoms with van der Waals surface area (Å²) in [7, 11) is 1.58. The van der Waals surface area contributed by atoms with Crippen molar-refractivity contribution in [2.75, 3.05) is 20.2 Å². The van der Waals surface area contributed by atoms with Gasteiger partial charge in [-0.15, -0.1) is 0 Å². The van der Waals surface area contributed by atoms with Crippen LogP contribution in [0.25, 0.3) is 0 Å². The molecule has 0 aromatic heterocycles. The molecule has 0 saturated carbocycles. The summed E-state index contributed by atoms with van der Waals surface area (Å²) in [5.41, 5.74) is 1.75. The fourth-order valence-corrected chi connectivity index (χ4v) is 8.04. The van der Waals surface area contributed by atoms with Crippen LogP contribution in [0.15, 0.2) is 53.2 Å². The van der Waals surface area contributed by atoms with Gasteiger partial charge in [-0.3, -0.25) is 4.90 Å². The molecule has 7 heteroatoms. The minimum absolute atomic E-state index is 0.0298. The second-order valence-corrected chi connectivity index (χ2v) is 10.4. The van der Waals surface area contributed by atoms with Gasteiger partial charge in [0.1, 0.15) is 5.76 Å². The van der Waals surface area contributed by atoms with E-state index in [1.54, 1.807) is 14.0 Å². The molecule has 7 nitrogen and oxygen atoms in total. The van der Waals surface area contributed by atoms with Gasteiger partial charge in [0.2, 0.25) is 11.5 Å². The SMILES string of the molecule is COC1=C(C)C(=O)O/C1=C1\O[C@@]23O[C@H]4C[C@@H]([C@H]2[C@@H]1C)N1CC[C@H]3[C@@]41CNCc1ccccc1. The van der Waals surface area contributed by atoms with E-state index in [4.69, 9.17) is 18.9 Å². The molecular formula is C26H30N2O5. The molecule has 33 heavy (non-hydrogen) atoms. The predicted octanol–water partition coefficient (Wildman–Crippen LogP) is 2.69. The molecule has 0 aliphatic carbocycles. The molecule has 0 amide bonds. The first kappa shape index (κ1) is 20.1. The van der Waals surface area contributed by atoms with Crippen molar-refractivity contribution in [1.82, 2.24) is 10.2 Å². The summed E-state index contributed by atoms with van der Waals surface area (Å²) in [6.45, 7) is 6.76. The minimum Gasteiger partial charge on any atom is -0.492 e. The first-order valence-electron chi connectivity index (χ1n) is 12.1. The average Bonchev–Trinajstić information content (AvgIpc) is 3.52. The Morgan fingerprint density at radius 3 is 2.88 bits per heavy atom. The molecule has 5 saturated heterocycles. The fraction of sp³-hybridized carbons (Fsp3) is 0.577. The number of hydrogen-bond acceptors (Lipinski definition) is 7. The third-order valence-electron chi connectivity index (χ3n) is 9.18. The van der Waals surface area contributed by atoms with E-state index >= 15 is 0 Å². The summed E-state index contributed by atoms with van der Waals surface area (Å²) >= 11 is 0. The molecule has 7 rings (SSSR count). The third kappa shape index (κ3) is 2.28. The summed E-state index contributed by atoms with van der Waals surface area (Å²) in [4.78, 5) is 15.0. The van der Waals surface area contributed by atoms with E-state index < -0.39 is 5.79 Å². The number of nitrogens with one attached hydrogen (secondary N) is 1. The van der Waals surface area contributed by atoms with E-state index in [1.807, 2.05) is 0 Å². The van der Waals surface area contributed by atoms with Gasteiger partial charge < -0.3 is 24.3 Å². The largest absolute Gasteiger partial charge is 0.492 e. The smallest absolute Gasteiger partial charge is 0.343 e. The Hall–Kier alpha value is -2.35. The van der Waals surface area contributed by atoms with Crippen molar-refractivity contribution in [2.24, 2.45) is 17.8 Å². The van der Waals surface area contributed by atoms with Crippen molar-refractivity contribution in [3.8, 4) is 0 Å². The number of ether oxygens (including phenoxy) is 4. The molecule has 5 fully saturated rings. The van der Waals surface area contributed by atoms with Crippen molar-refractivity contribution in [2.45, 2.75) is 56.7 Å². The highest BCUT2D eigenvalue weighted by Gasteiger charge is 2.84. The number of cyclic esters (lactones) is 1. The lowest BCUT2D eigenvalue weighted by Gasteiger charge is -2.48. The molecule has 1 spiro atoms. The van der Waals surface area contributed by atoms with Gasteiger partial charge in [0.15, 0.2) is 5.76 Å². The van der Waals surface area contributed by atoms with Gasteiger partial charge in [-0.2, -0.15) is 0 Å². The van der Waals surface area contributed by atoms with Gasteiger partial charge in [-0.1, -0.05) is 37.3 Å². The lowest BCUT2D eigenvalue weighted by Crippen LogP contribution is -2.64. The Kier molecular flexibility index (Phi) is 4.02. The summed E-state index contributed by atoms with van der Waals surface area (Å²) in [5, 5.41) is 3.74. The van der Waals surface area contributed by atoms with Gasteiger partial charge in [-0.05, 0) is 31.9 Å². The van der Waals surface area contributed by atoms with Crippen molar-refractivity contribution < 1.29 is 23.7 Å². The standard InChI is InChI=1S/C26H30N2O5/c1-14-20-17-11-19-25(13-27-12-16-7-5-4-6-8-16)18(9-10-28(17)25)26(20,32-19)33-22(14)23-21(30-3)15(2)24(29)31-23/h4-8,14,17-20,27H,9-13H2,1-3H3/b23-22-/t14-,17-,18-,19-,20+,25-,26+/m0/s1. The molecule has 1 aromatic carbocycles. The van der Waals surface area contributed by atoms with Crippen molar-refractivity contribution in [1.29, 1.82) is 0 Å². The van der Waals surface area contributed by atoms with Crippen LogP contribution in [-0.4, -0.2) is 54.5 Å². The first-order chi connectivity index (χ1) is 16.0. The lowest BCUT2D eigenvalue weighted by molar-refractivity contribution is -0.255. The van der Waals surface area contributed by atoms with Crippen LogP contribution in [-0.2, 0) is 30.3 Å². The van der Waals surface area contributed by atoms with E-state index in [1.165, 1.54) is 5.56 Å². The highest BCUT2D eigenvalue weighted by atomic mass is 16.7. The fourth-order valence-electron chi connectivity index (χ4n) is 8.04. The number of carbonyl (C=O) groups excluding carboxylic acids is 1. The van der Waals surface area contributed by atoms with Gasteiger partial charge in [0.05, 0.1) is 30.2 Å². The molecular weight excluding hydrogens is 420 g/mol. The summed E-state index contributed by atoms with van der Waals surface area (Å²) < 4.78 is 24.8. The minimum atomic E-state index is -0.640. The number of rotatable bonds is 5. The van der Waals surface area contributed by atoms with Crippen molar-refractivity contribution in [3.63, 3.8) is 0 Å². The van der Waals surface area contributed by atoms with Crippen LogP contribution in [0, 0.1) is 17.8 Å². The van der Waals surface area contributed by atoms with Crippen LogP contribution in [0.5, 0.6) is 0 Å². The maximum absolute atomic E-state index is 12.3. The normalized spacial score (nSPS) is 46.2. The third-order valence-corrected chi connectivity index (χ3v) is 9.18. The number of nitrogens with zero attached hydrogens (tertiary/aromatic N) is 1. The quantitative estimate of drug-likeness (QED) is 0.692. The molecule has 6 heterocycles. The van der Waals surface area contributed by atoms with Gasteiger partial charge in [0, 0.05) is 31.0 Å². The molecule has 1 aromatic rings. The lowest BCUT2D eigenvalue weighted by atomic mass is 9.71. The van der Waals surface area contributed by atoms with Crippen LogP contribution in [0.2, 0.25) is 0 Å². The van der Waals surface area contributed by atoms with E-state index in [2.05, 4.69) is 47.5 Å². The predicted molar refractivity (Wildman–Crippen MR) is 118 cm³/mol. The van der Waals surface area contributed by atoms with Gasteiger partial charge in [0.25, 0.3) is 0 Å². The van der Waals surface area contributed by atoms with Gasteiger partial charge >= 0.3 is 5.97 Å². The molecule has 1 N–H and O–H groups in total. The van der Waals surface area contributed by atoms with Crippen LogP contribution < -0.4 is 5.32 Å². The zero-order chi connectivity index (χ0) is 22.5. The molecule has 0 radical (unpaired) electrons. The Morgan fingerprint density at radius 1 is 1.27 bits per heavy atom. The molecule has 6 aliphatic rings. The zero-order valence-corrected chi connectivity index (χ0v) is 19.3. The molecule has 174 valence electrons. The van der Waals surface area contributed by atoms with Crippen molar-refractivity contribution in [3.05, 3.63) is 58.7 Å². The van der Waals surface area contributed by atoms with Gasteiger partial charge in [-0.25, -0.2) is 4.79 Å². The van der Waals surface area contributed by atoms with Crippen LogP contribution in [0.3, 0.4) is 0 Å². The monoisotopic (exact) mass is 450 g/mol. The molecule has 1 unspecified atom stereocenters. The zero-order valence-electron chi connectivity index (χ0n) is 19.3. The second kappa shape index (κ2) is 6.62. The number of esters is 1. The molecule has 6 aliphatic heterocycles. The van der Waals surface area contributed by atoms with Crippen molar-refractivity contribution >= 4 is 5.97 Å². The van der Waals surface area contributed by atoms with E-state index in [9.17, 15) is 4.79 Å². The Bertz CT molecular complexity index is 1100. The maximum atomic E-state index is 12.3. The van der Waals surface area contributed by atoms with Crippen LogP contribution in [0.1, 0.15) is 32.3 Å². The second-order valence-electron chi connectivity index (χ2n) is 10.4. The van der Waals surface area contributed by atoms with E-state index in [0.717, 1.165) is 38.2 Å². The highest BCUT2D eigenvalue weighted by molar-refractivity contribution is 5.93. The average molecular weight is 451 g/mol. The molecule has 5 bridgehead atoms. The number of fused-ring (bicyclic) bond motifs is 1. The Labute approximate surface area is 193 Å². The number of allylic oxidation sites excluding steroid dienone is 1. The number of carbonyl (C=O) groups is 1. The maximum Gasteiger partial charge on any atom is 0.343 e. The van der Waals surface area contributed by atoms with E-state index in [0.29, 0.717) is 23.1 Å². The number of hydrogen-bond donors (Lipinski definition) is 1. The highest BCUT2D eigenvalue weighted by Crippen LogP contribution is 2.72. The summed E-state index contributed by atoms with van der Waals surface area (Å²) in [6.07, 6.45) is 2.27. The van der Waals surface area contributed by atoms with E-state index in [-0.39, 0.29) is 35.4 Å². The number of methoxy groups -OCH3 is 1. The number of piperidine rings is 1. The van der Waals surface area contributed by atoms with Crippen LogP contribution >= 0.6 is 0 Å². The topological polar surface area (TPSA) is 69.3 Å².